The molecule has 0 saturated carbocycles. The topological polar surface area (TPSA) is 73.6 Å². The van der Waals surface area contributed by atoms with E-state index < -0.39 is 23.2 Å². The molecule has 32 heavy (non-hydrogen) atoms. The molecule has 1 amide bonds. The molecule has 0 aliphatic rings. The van der Waals surface area contributed by atoms with Crippen LogP contribution in [-0.2, 0) is 0 Å². The maximum Gasteiger partial charge on any atom is 0.256 e. The zero-order chi connectivity index (χ0) is 22.7. The molecule has 0 bridgehead atoms. The summed E-state index contributed by atoms with van der Waals surface area (Å²) in [7, 11) is 3.08. The molecule has 1 N–H and O–H groups in total. The van der Waals surface area contributed by atoms with Crippen molar-refractivity contribution in [2.45, 2.75) is 0 Å². The summed E-state index contributed by atoms with van der Waals surface area (Å²) in [5.74, 6) is -0.735. The summed E-state index contributed by atoms with van der Waals surface area (Å²) in [6, 6.07) is 15.1. The Morgan fingerprint density at radius 3 is 2.41 bits per heavy atom. The van der Waals surface area contributed by atoms with Gasteiger partial charge in [0, 0.05) is 11.6 Å². The number of halogens is 2. The highest BCUT2D eigenvalue weighted by atomic mass is 19.1. The first-order chi connectivity index (χ1) is 15.5. The number of para-hydroxylation sites is 1. The van der Waals surface area contributed by atoms with Crippen LogP contribution in [0.25, 0.3) is 22.8 Å². The van der Waals surface area contributed by atoms with Gasteiger partial charge in [-0.1, -0.05) is 18.2 Å². The minimum Gasteiger partial charge on any atom is -0.497 e. The maximum absolute atomic E-state index is 14.0. The number of carbonyl (C=O) groups is 1. The van der Waals surface area contributed by atoms with E-state index >= 15 is 0 Å². The first-order valence-corrected chi connectivity index (χ1v) is 9.54. The molecule has 0 spiro atoms. The molecule has 3 aromatic carbocycles. The summed E-state index contributed by atoms with van der Waals surface area (Å²) in [5, 5.41) is 2.28. The van der Waals surface area contributed by atoms with E-state index in [-0.39, 0.29) is 11.5 Å². The van der Waals surface area contributed by atoms with Gasteiger partial charge in [-0.15, -0.1) is 0 Å². The van der Waals surface area contributed by atoms with E-state index in [1.807, 2.05) is 0 Å². The Hall–Kier alpha value is -4.20. The van der Waals surface area contributed by atoms with Crippen molar-refractivity contribution in [1.29, 1.82) is 0 Å². The molecule has 8 heteroatoms. The number of nitrogens with one attached hydrogen (secondary N) is 1. The van der Waals surface area contributed by atoms with Gasteiger partial charge in [0.2, 0.25) is 5.89 Å². The van der Waals surface area contributed by atoms with Crippen molar-refractivity contribution in [2.24, 2.45) is 0 Å². The Labute approximate surface area is 182 Å². The van der Waals surface area contributed by atoms with E-state index in [1.165, 1.54) is 25.4 Å². The zero-order valence-corrected chi connectivity index (χ0v) is 17.2. The van der Waals surface area contributed by atoms with E-state index in [2.05, 4.69) is 10.3 Å². The molecular formula is C24H18F2N2O4. The fourth-order valence-electron chi connectivity index (χ4n) is 3.19. The molecule has 1 heterocycles. The van der Waals surface area contributed by atoms with Gasteiger partial charge >= 0.3 is 0 Å². The van der Waals surface area contributed by atoms with Gasteiger partial charge in [0.15, 0.2) is 5.76 Å². The van der Waals surface area contributed by atoms with Crippen molar-refractivity contribution < 1.29 is 27.5 Å². The molecule has 6 nitrogen and oxygen atoms in total. The van der Waals surface area contributed by atoms with Gasteiger partial charge in [0.05, 0.1) is 31.5 Å². The number of benzene rings is 3. The molecule has 0 unspecified atom stereocenters. The molecule has 0 aliphatic carbocycles. The lowest BCUT2D eigenvalue weighted by Crippen LogP contribution is -2.15. The van der Waals surface area contributed by atoms with Crippen LogP contribution in [0.4, 0.5) is 14.5 Å². The fourth-order valence-corrected chi connectivity index (χ4v) is 3.19. The summed E-state index contributed by atoms with van der Waals surface area (Å²) in [6.45, 7) is 0. The van der Waals surface area contributed by atoms with Crippen LogP contribution >= 0.6 is 0 Å². The summed E-state index contributed by atoms with van der Waals surface area (Å²) in [5.41, 5.74) is 0.622. The predicted molar refractivity (Wildman–Crippen MR) is 115 cm³/mol. The second-order valence-electron chi connectivity index (χ2n) is 6.69. The number of anilines is 1. The highest BCUT2D eigenvalue weighted by molar-refractivity contribution is 6.08. The van der Waals surface area contributed by atoms with Crippen molar-refractivity contribution in [3.63, 3.8) is 0 Å². The maximum atomic E-state index is 14.0. The van der Waals surface area contributed by atoms with Gasteiger partial charge in [0.25, 0.3) is 5.91 Å². The van der Waals surface area contributed by atoms with Crippen molar-refractivity contribution in [3.05, 3.63) is 84.1 Å². The lowest BCUT2D eigenvalue weighted by atomic mass is 10.1. The third-order valence-electron chi connectivity index (χ3n) is 4.78. The molecule has 162 valence electrons. The number of rotatable bonds is 6. The molecular weight excluding hydrogens is 418 g/mol. The number of ether oxygens (including phenoxy) is 2. The third-order valence-corrected chi connectivity index (χ3v) is 4.78. The van der Waals surface area contributed by atoms with Gasteiger partial charge in [-0.25, -0.2) is 13.8 Å². The highest BCUT2D eigenvalue weighted by Crippen LogP contribution is 2.36. The molecule has 4 rings (SSSR count). The van der Waals surface area contributed by atoms with E-state index in [0.29, 0.717) is 28.4 Å². The van der Waals surface area contributed by atoms with Crippen LogP contribution in [0, 0.1) is 11.6 Å². The Morgan fingerprint density at radius 1 is 0.938 bits per heavy atom. The predicted octanol–water partition coefficient (Wildman–Crippen LogP) is 5.56. The van der Waals surface area contributed by atoms with Crippen molar-refractivity contribution >= 4 is 11.6 Å². The zero-order valence-electron chi connectivity index (χ0n) is 17.2. The second kappa shape index (κ2) is 8.89. The average molecular weight is 436 g/mol. The number of nitrogens with zero attached hydrogens (tertiary/aromatic N) is 1. The van der Waals surface area contributed by atoms with Crippen LogP contribution in [-0.4, -0.2) is 25.1 Å². The highest BCUT2D eigenvalue weighted by Gasteiger charge is 2.20. The Balaban J connectivity index is 1.69. The average Bonchev–Trinajstić information content (AvgIpc) is 3.31. The largest absolute Gasteiger partial charge is 0.497 e. The molecule has 0 saturated heterocycles. The Morgan fingerprint density at radius 2 is 1.69 bits per heavy atom. The minimum absolute atomic E-state index is 0.144. The number of carbonyl (C=O) groups excluding carboxylic acids is 1. The molecule has 0 aliphatic heterocycles. The lowest BCUT2D eigenvalue weighted by molar-refractivity contribution is 0.102. The third kappa shape index (κ3) is 4.02. The smallest absolute Gasteiger partial charge is 0.256 e. The monoisotopic (exact) mass is 436 g/mol. The molecule has 0 atom stereocenters. The van der Waals surface area contributed by atoms with E-state index in [9.17, 15) is 13.6 Å². The molecule has 0 fully saturated rings. The minimum atomic E-state index is -0.874. The number of aromatic nitrogens is 1. The van der Waals surface area contributed by atoms with Gasteiger partial charge in [-0.3, -0.25) is 4.79 Å². The van der Waals surface area contributed by atoms with Gasteiger partial charge in [0.1, 0.15) is 28.8 Å². The van der Waals surface area contributed by atoms with E-state index in [1.54, 1.807) is 43.5 Å². The summed E-state index contributed by atoms with van der Waals surface area (Å²) in [4.78, 5) is 17.1. The van der Waals surface area contributed by atoms with Crippen LogP contribution in [0.3, 0.4) is 0 Å². The van der Waals surface area contributed by atoms with Crippen molar-refractivity contribution in [2.75, 3.05) is 19.5 Å². The van der Waals surface area contributed by atoms with Crippen LogP contribution in [0.15, 0.2) is 71.3 Å². The Kier molecular flexibility index (Phi) is 5.85. The van der Waals surface area contributed by atoms with Crippen LogP contribution in [0.1, 0.15) is 10.4 Å². The van der Waals surface area contributed by atoms with Crippen LogP contribution < -0.4 is 14.8 Å². The second-order valence-corrected chi connectivity index (χ2v) is 6.69. The van der Waals surface area contributed by atoms with Gasteiger partial charge < -0.3 is 19.2 Å². The van der Waals surface area contributed by atoms with Crippen LogP contribution in [0.5, 0.6) is 11.5 Å². The summed E-state index contributed by atoms with van der Waals surface area (Å²) < 4.78 is 44.4. The fraction of sp³-hybridized carbons (Fsp3) is 0.0833. The first-order valence-electron chi connectivity index (χ1n) is 9.54. The number of oxazole rings is 1. The van der Waals surface area contributed by atoms with Crippen LogP contribution in [0.2, 0.25) is 0 Å². The lowest BCUT2D eigenvalue weighted by Gasteiger charge is -2.10. The number of methoxy groups -OCH3 is 2. The van der Waals surface area contributed by atoms with E-state index in [4.69, 9.17) is 13.9 Å². The van der Waals surface area contributed by atoms with Crippen molar-refractivity contribution in [3.8, 4) is 34.3 Å². The summed E-state index contributed by atoms with van der Waals surface area (Å²) >= 11 is 0. The molecule has 1 aromatic heterocycles. The first kappa shape index (κ1) is 21.0. The van der Waals surface area contributed by atoms with Crippen molar-refractivity contribution in [1.82, 2.24) is 4.98 Å². The SMILES string of the molecule is COc1ccc(-c2cnc(-c3ccccc3C(=O)Nc3c(F)cccc3F)o2)c(OC)c1. The number of hydrogen-bond acceptors (Lipinski definition) is 5. The normalized spacial score (nSPS) is 10.6. The quantitative estimate of drug-likeness (QED) is 0.429. The summed E-state index contributed by atoms with van der Waals surface area (Å²) in [6.07, 6.45) is 1.50. The van der Waals surface area contributed by atoms with Gasteiger partial charge in [-0.05, 0) is 36.4 Å². The van der Waals surface area contributed by atoms with E-state index in [0.717, 1.165) is 12.1 Å². The number of hydrogen-bond donors (Lipinski definition) is 1. The van der Waals surface area contributed by atoms with Gasteiger partial charge in [-0.2, -0.15) is 0 Å². The molecule has 4 aromatic rings. The molecule has 0 radical (unpaired) electrons. The number of amides is 1. The Bertz CT molecular complexity index is 1270. The standard InChI is InChI=1S/C24H18F2N2O4/c1-30-14-10-11-17(20(12-14)31-2)21-13-27-24(32-21)16-7-4-3-6-15(16)23(29)28-22-18(25)8-5-9-19(22)26/h3-13H,1-2H3,(H,28,29).